The van der Waals surface area contributed by atoms with Crippen LogP contribution in [0.1, 0.15) is 44.9 Å². The molecule has 0 fully saturated rings. The van der Waals surface area contributed by atoms with Gasteiger partial charge in [-0.05, 0) is 51.6 Å². The highest BCUT2D eigenvalue weighted by molar-refractivity contribution is 6.12. The van der Waals surface area contributed by atoms with E-state index in [0.29, 0.717) is 19.4 Å². The van der Waals surface area contributed by atoms with E-state index in [1.807, 2.05) is 0 Å². The molecule has 24 nitrogen and oxygen atoms in total. The van der Waals surface area contributed by atoms with Crippen LogP contribution in [0.25, 0.3) is 0 Å². The number of amides is 5. The molecule has 10 atom stereocenters. The van der Waals surface area contributed by atoms with Gasteiger partial charge in [-0.25, -0.2) is 0 Å². The number of nitrogens with two attached hydrogens (primary N) is 2. The monoisotopic (exact) mass is 884 g/mol. The normalized spacial score (nSPS) is 18.0. The van der Waals surface area contributed by atoms with Gasteiger partial charge < -0.3 is 87.4 Å². The minimum absolute atomic E-state index is 0.00281. The van der Waals surface area contributed by atoms with E-state index in [0.717, 1.165) is 4.90 Å². The molecule has 24 heteroatoms. The smallest absolute Gasteiger partial charge is 0.253 e. The zero-order valence-electron chi connectivity index (χ0n) is 34.4. The molecule has 0 bridgehead atoms. The van der Waals surface area contributed by atoms with Gasteiger partial charge in [0.25, 0.3) is 11.8 Å². The van der Waals surface area contributed by atoms with E-state index in [2.05, 4.69) is 10.6 Å². The predicted octanol–water partition coefficient (Wildman–Crippen LogP) is -7.72. The van der Waals surface area contributed by atoms with Crippen LogP contribution in [0, 0.1) is 0 Å². The van der Waals surface area contributed by atoms with E-state index in [-0.39, 0.29) is 84.8 Å². The highest BCUT2D eigenvalue weighted by Gasteiger charge is 2.34. The van der Waals surface area contributed by atoms with Crippen molar-refractivity contribution in [3.63, 3.8) is 0 Å². The summed E-state index contributed by atoms with van der Waals surface area (Å²) >= 11 is 0. The molecule has 354 valence electrons. The van der Waals surface area contributed by atoms with Crippen molar-refractivity contribution in [1.82, 2.24) is 20.4 Å². The second-order valence-electron chi connectivity index (χ2n) is 14.5. The lowest BCUT2D eigenvalue weighted by Crippen LogP contribution is -2.53. The number of aliphatic hydroxyl groups is 10. The number of carbonyl (C=O) groups is 5. The Morgan fingerprint density at radius 3 is 1.59 bits per heavy atom. The third-order valence-electron chi connectivity index (χ3n) is 9.59. The summed E-state index contributed by atoms with van der Waals surface area (Å²) in [5.74, 6) is -2.87. The molecule has 16 N–H and O–H groups in total. The number of unbranched alkanes of at least 4 members (excludes halogenated alkanes) is 2. The molecule has 61 heavy (non-hydrogen) atoms. The summed E-state index contributed by atoms with van der Waals surface area (Å²) in [6.07, 6.45) is -11.2. The van der Waals surface area contributed by atoms with Crippen LogP contribution in [0.3, 0.4) is 0 Å². The maximum absolute atomic E-state index is 13.4. The van der Waals surface area contributed by atoms with Gasteiger partial charge in [0, 0.05) is 31.7 Å². The van der Waals surface area contributed by atoms with Gasteiger partial charge in [0.1, 0.15) is 48.7 Å². The Hall–Kier alpha value is -3.31. The maximum Gasteiger partial charge on any atom is 0.253 e. The third kappa shape index (κ3) is 22.1. The summed E-state index contributed by atoms with van der Waals surface area (Å²) in [6, 6.07) is -2.23. The van der Waals surface area contributed by atoms with E-state index in [1.165, 1.54) is 17.1 Å². The first-order valence-electron chi connectivity index (χ1n) is 20.2. The zero-order valence-corrected chi connectivity index (χ0v) is 34.4. The van der Waals surface area contributed by atoms with Gasteiger partial charge in [-0.3, -0.25) is 33.8 Å². The van der Waals surface area contributed by atoms with Crippen LogP contribution in [-0.4, -0.2) is 237 Å². The van der Waals surface area contributed by atoms with Crippen molar-refractivity contribution in [2.75, 3.05) is 85.6 Å². The number of nitrogens with one attached hydrogen (secondary N) is 2. The molecule has 0 saturated heterocycles. The molecule has 1 aliphatic rings. The summed E-state index contributed by atoms with van der Waals surface area (Å²) in [7, 11) is 0. The van der Waals surface area contributed by atoms with Crippen molar-refractivity contribution >= 4 is 29.5 Å². The molecule has 0 unspecified atom stereocenters. The van der Waals surface area contributed by atoms with Crippen molar-refractivity contribution in [2.24, 2.45) is 11.5 Å². The Kier molecular flexibility index (Phi) is 28.8. The molecule has 0 saturated carbocycles. The van der Waals surface area contributed by atoms with Crippen LogP contribution in [0.4, 0.5) is 0 Å². The molecule has 0 aromatic heterocycles. The van der Waals surface area contributed by atoms with Gasteiger partial charge in [0.05, 0.1) is 71.6 Å². The molecule has 0 radical (unpaired) electrons. The second-order valence-corrected chi connectivity index (χ2v) is 14.5. The summed E-state index contributed by atoms with van der Waals surface area (Å²) in [5.41, 5.74) is 11.1. The number of ether oxygens (including phenoxy) is 3. The number of primary amides is 1. The zero-order chi connectivity index (χ0) is 45.9. The van der Waals surface area contributed by atoms with Crippen molar-refractivity contribution < 1.29 is 89.2 Å². The highest BCUT2D eigenvalue weighted by atomic mass is 16.5. The van der Waals surface area contributed by atoms with Crippen LogP contribution in [0.2, 0.25) is 0 Å². The van der Waals surface area contributed by atoms with Gasteiger partial charge in [0.15, 0.2) is 0 Å². The number of hydrogen-bond donors (Lipinski definition) is 14. The van der Waals surface area contributed by atoms with Crippen LogP contribution in [0.15, 0.2) is 12.2 Å². The fourth-order valence-corrected chi connectivity index (χ4v) is 5.91. The fourth-order valence-electron chi connectivity index (χ4n) is 5.91. The number of rotatable bonds is 37. The molecule has 1 aliphatic heterocycles. The molecule has 5 amide bonds. The van der Waals surface area contributed by atoms with E-state index < -0.39 is 117 Å². The van der Waals surface area contributed by atoms with Crippen molar-refractivity contribution in [1.29, 1.82) is 0 Å². The molecular formula is C37H68N6O18. The van der Waals surface area contributed by atoms with Crippen molar-refractivity contribution in [2.45, 2.75) is 106 Å². The van der Waals surface area contributed by atoms with E-state index in [9.17, 15) is 64.8 Å². The van der Waals surface area contributed by atoms with Gasteiger partial charge in [0.2, 0.25) is 17.7 Å². The van der Waals surface area contributed by atoms with E-state index >= 15 is 0 Å². The van der Waals surface area contributed by atoms with Crippen LogP contribution in [-0.2, 0) is 38.2 Å². The number of hydrogen-bond acceptors (Lipinski definition) is 20. The number of imide groups is 1. The first-order valence-corrected chi connectivity index (χ1v) is 20.2. The SMILES string of the molecule is NCCCC[C@H](NC(=O)[C@H](CCCCN(C[C@H](O)[C@@H](O)[C@H](O)[C@H](O)CO)C[C@H](O)[C@@H](O)[C@H](O)[C@H](O)CO)NC(=O)CCOCCOCCOCCN1C(=O)C=CC1=O)C(N)=O. The Morgan fingerprint density at radius 2 is 1.10 bits per heavy atom. The Labute approximate surface area is 354 Å². The lowest BCUT2D eigenvalue weighted by atomic mass is 10.0. The second kappa shape index (κ2) is 31.5. The Balaban J connectivity index is 2.82. The molecule has 1 heterocycles. The molecule has 0 spiro atoms. The lowest BCUT2D eigenvalue weighted by molar-refractivity contribution is -0.137. The number of nitrogens with zero attached hydrogens (tertiary/aromatic N) is 2. The van der Waals surface area contributed by atoms with Crippen molar-refractivity contribution in [3.8, 4) is 0 Å². The van der Waals surface area contributed by atoms with Gasteiger partial charge in [-0.1, -0.05) is 0 Å². The standard InChI is InChI=1S/C37H68N6O18/c38-10-3-1-5-23(36(39)57)41-37(58)24(40-29(50)9-13-59-15-17-61-18-16-60-14-12-43-30(51)7-8-31(43)52)6-2-4-11-42(19-25(46)32(53)34(55)27(48)21-44)20-26(47)33(54)35(56)28(49)22-45/h7-8,23-28,32-35,44-49,53-56H,1-6,9-22,38H2,(H2,39,57)(H,40,50)(H,41,58)/t23-,24-,25-,26-,27+,28+,32+,33+,34+,35+/m0/s1. The first kappa shape index (κ1) is 55.7. The van der Waals surface area contributed by atoms with Gasteiger partial charge in [-0.15, -0.1) is 0 Å². The van der Waals surface area contributed by atoms with Crippen LogP contribution in [0.5, 0.6) is 0 Å². The van der Waals surface area contributed by atoms with Crippen LogP contribution < -0.4 is 22.1 Å². The van der Waals surface area contributed by atoms with Crippen molar-refractivity contribution in [3.05, 3.63) is 12.2 Å². The average molecular weight is 885 g/mol. The van der Waals surface area contributed by atoms with E-state index in [1.54, 1.807) is 0 Å². The molecule has 0 aromatic carbocycles. The Morgan fingerprint density at radius 1 is 0.639 bits per heavy atom. The topological polar surface area (TPSA) is 398 Å². The lowest BCUT2D eigenvalue weighted by Gasteiger charge is -2.33. The van der Waals surface area contributed by atoms with Gasteiger partial charge >= 0.3 is 0 Å². The highest BCUT2D eigenvalue weighted by Crippen LogP contribution is 2.13. The van der Waals surface area contributed by atoms with E-state index in [4.69, 9.17) is 35.9 Å². The summed E-state index contributed by atoms with van der Waals surface area (Å²) in [6.45, 7) is -1.61. The average Bonchev–Trinajstić information content (AvgIpc) is 3.56. The predicted molar refractivity (Wildman–Crippen MR) is 211 cm³/mol. The molecular weight excluding hydrogens is 816 g/mol. The number of carbonyl (C=O) groups excluding carboxylic acids is 5. The third-order valence-corrected chi connectivity index (χ3v) is 9.59. The summed E-state index contributed by atoms with van der Waals surface area (Å²) < 4.78 is 16.2. The quantitative estimate of drug-likeness (QED) is 0.0203. The molecule has 0 aromatic rings. The fraction of sp³-hybridized carbons (Fsp3) is 0.811. The molecule has 0 aliphatic carbocycles. The summed E-state index contributed by atoms with van der Waals surface area (Å²) in [4.78, 5) is 63.9. The Bertz CT molecular complexity index is 1270. The minimum Gasteiger partial charge on any atom is -0.394 e. The minimum atomic E-state index is -1.98. The number of aliphatic hydroxyl groups excluding tert-OH is 10. The largest absolute Gasteiger partial charge is 0.394 e. The van der Waals surface area contributed by atoms with Crippen LogP contribution >= 0.6 is 0 Å². The van der Waals surface area contributed by atoms with Gasteiger partial charge in [-0.2, -0.15) is 0 Å². The first-order chi connectivity index (χ1) is 29.0. The molecule has 1 rings (SSSR count). The maximum atomic E-state index is 13.4. The summed E-state index contributed by atoms with van der Waals surface area (Å²) in [5, 5.41) is 105.